The SMILES string of the molecule is COc1ccc(OC)c(NC(=O)COC(=O)c2cccc(Cl)c2Cl)c1. The fraction of sp³-hybridized carbons (Fsp3) is 0.176. The molecule has 0 aliphatic heterocycles. The van der Waals surface area contributed by atoms with E-state index in [0.29, 0.717) is 17.2 Å². The summed E-state index contributed by atoms with van der Waals surface area (Å²) in [6.07, 6.45) is 0. The third-order valence-electron chi connectivity index (χ3n) is 3.19. The molecule has 0 atom stereocenters. The van der Waals surface area contributed by atoms with Crippen LogP contribution in [0.15, 0.2) is 36.4 Å². The third kappa shape index (κ3) is 4.78. The van der Waals surface area contributed by atoms with Gasteiger partial charge >= 0.3 is 5.97 Å². The van der Waals surface area contributed by atoms with E-state index in [1.165, 1.54) is 20.3 Å². The molecule has 132 valence electrons. The second kappa shape index (κ2) is 8.60. The van der Waals surface area contributed by atoms with Gasteiger partial charge in [0.25, 0.3) is 5.91 Å². The highest BCUT2D eigenvalue weighted by Crippen LogP contribution is 2.29. The number of hydrogen-bond acceptors (Lipinski definition) is 5. The topological polar surface area (TPSA) is 73.9 Å². The number of ether oxygens (including phenoxy) is 3. The molecule has 0 aliphatic carbocycles. The molecule has 0 spiro atoms. The van der Waals surface area contributed by atoms with Gasteiger partial charge in [-0.2, -0.15) is 0 Å². The standard InChI is InChI=1S/C17H15Cl2NO5/c1-23-10-6-7-14(24-2)13(8-10)20-15(21)9-25-17(22)11-4-3-5-12(18)16(11)19/h3-8H,9H2,1-2H3,(H,20,21). The van der Waals surface area contributed by atoms with E-state index < -0.39 is 18.5 Å². The van der Waals surface area contributed by atoms with Gasteiger partial charge in [-0.25, -0.2) is 4.79 Å². The monoisotopic (exact) mass is 383 g/mol. The minimum absolute atomic E-state index is 0.0732. The summed E-state index contributed by atoms with van der Waals surface area (Å²) in [5.41, 5.74) is 0.476. The minimum Gasteiger partial charge on any atom is -0.497 e. The van der Waals surface area contributed by atoms with Crippen LogP contribution in [0.1, 0.15) is 10.4 Å². The van der Waals surface area contributed by atoms with Gasteiger partial charge in [0, 0.05) is 6.07 Å². The minimum atomic E-state index is -0.750. The highest BCUT2D eigenvalue weighted by Gasteiger charge is 2.16. The number of nitrogens with one attached hydrogen (secondary N) is 1. The highest BCUT2D eigenvalue weighted by atomic mass is 35.5. The largest absolute Gasteiger partial charge is 0.497 e. The molecule has 0 unspecified atom stereocenters. The molecule has 0 saturated carbocycles. The number of carbonyl (C=O) groups is 2. The van der Waals surface area contributed by atoms with Gasteiger partial charge in [0.1, 0.15) is 11.5 Å². The third-order valence-corrected chi connectivity index (χ3v) is 4.01. The van der Waals surface area contributed by atoms with Crippen molar-refractivity contribution in [1.29, 1.82) is 0 Å². The molecular weight excluding hydrogens is 369 g/mol. The first-order valence-electron chi connectivity index (χ1n) is 7.09. The summed E-state index contributed by atoms with van der Waals surface area (Å²) in [5.74, 6) is -0.310. The zero-order valence-electron chi connectivity index (χ0n) is 13.5. The van der Waals surface area contributed by atoms with Crippen LogP contribution in [-0.2, 0) is 9.53 Å². The second-order valence-electron chi connectivity index (χ2n) is 4.79. The maximum absolute atomic E-state index is 12.0. The van der Waals surface area contributed by atoms with Crippen molar-refractivity contribution < 1.29 is 23.8 Å². The van der Waals surface area contributed by atoms with Crippen molar-refractivity contribution in [1.82, 2.24) is 0 Å². The Labute approximate surface area is 154 Å². The molecule has 2 aromatic carbocycles. The first kappa shape index (κ1) is 18.9. The second-order valence-corrected chi connectivity index (χ2v) is 5.58. The smallest absolute Gasteiger partial charge is 0.340 e. The molecule has 0 saturated heterocycles. The van der Waals surface area contributed by atoms with Gasteiger partial charge < -0.3 is 19.5 Å². The van der Waals surface area contributed by atoms with Crippen molar-refractivity contribution in [3.8, 4) is 11.5 Å². The van der Waals surface area contributed by atoms with Crippen molar-refractivity contribution in [2.24, 2.45) is 0 Å². The number of hydrogen-bond donors (Lipinski definition) is 1. The van der Waals surface area contributed by atoms with E-state index in [2.05, 4.69) is 5.32 Å². The normalized spacial score (nSPS) is 10.1. The molecule has 0 aromatic heterocycles. The maximum Gasteiger partial charge on any atom is 0.340 e. The van der Waals surface area contributed by atoms with Crippen LogP contribution in [0.2, 0.25) is 10.0 Å². The van der Waals surface area contributed by atoms with Gasteiger partial charge in [0.15, 0.2) is 6.61 Å². The number of esters is 1. The number of halogens is 2. The lowest BCUT2D eigenvalue weighted by Crippen LogP contribution is -2.21. The van der Waals surface area contributed by atoms with E-state index >= 15 is 0 Å². The van der Waals surface area contributed by atoms with Gasteiger partial charge in [0.05, 0.1) is 35.5 Å². The van der Waals surface area contributed by atoms with Crippen LogP contribution in [0.3, 0.4) is 0 Å². The van der Waals surface area contributed by atoms with Crippen molar-refractivity contribution in [3.63, 3.8) is 0 Å². The zero-order valence-corrected chi connectivity index (χ0v) is 15.0. The molecule has 25 heavy (non-hydrogen) atoms. The van der Waals surface area contributed by atoms with Gasteiger partial charge in [-0.15, -0.1) is 0 Å². The Morgan fingerprint density at radius 3 is 2.52 bits per heavy atom. The van der Waals surface area contributed by atoms with Crippen LogP contribution in [0, 0.1) is 0 Å². The van der Waals surface area contributed by atoms with Crippen LogP contribution in [0.25, 0.3) is 0 Å². The zero-order chi connectivity index (χ0) is 18.4. The molecule has 0 radical (unpaired) electrons. The summed E-state index contributed by atoms with van der Waals surface area (Å²) in [6, 6.07) is 9.49. The molecule has 0 heterocycles. The summed E-state index contributed by atoms with van der Waals surface area (Å²) in [7, 11) is 2.97. The lowest BCUT2D eigenvalue weighted by Gasteiger charge is -2.12. The van der Waals surface area contributed by atoms with Crippen molar-refractivity contribution in [2.45, 2.75) is 0 Å². The Morgan fingerprint density at radius 2 is 1.84 bits per heavy atom. The summed E-state index contributed by atoms with van der Waals surface area (Å²) >= 11 is 11.8. The van der Waals surface area contributed by atoms with E-state index in [4.69, 9.17) is 37.4 Å². The summed E-state index contributed by atoms with van der Waals surface area (Å²) < 4.78 is 15.2. The number of benzene rings is 2. The van der Waals surface area contributed by atoms with Crippen LogP contribution in [-0.4, -0.2) is 32.7 Å². The average molecular weight is 384 g/mol. The van der Waals surface area contributed by atoms with Crippen molar-refractivity contribution >= 4 is 40.8 Å². The molecule has 2 rings (SSSR count). The van der Waals surface area contributed by atoms with Gasteiger partial charge in [-0.05, 0) is 24.3 Å². The summed E-state index contributed by atoms with van der Waals surface area (Å²) in [5, 5.41) is 2.89. The fourth-order valence-electron chi connectivity index (χ4n) is 1.97. The fourth-order valence-corrected chi connectivity index (χ4v) is 2.35. The predicted octanol–water partition coefficient (Wildman–Crippen LogP) is 3.81. The van der Waals surface area contributed by atoms with Gasteiger partial charge in [0.2, 0.25) is 0 Å². The van der Waals surface area contributed by atoms with E-state index in [1.54, 1.807) is 30.3 Å². The molecule has 1 amide bonds. The molecule has 6 nitrogen and oxygen atoms in total. The molecule has 1 N–H and O–H groups in total. The first-order valence-corrected chi connectivity index (χ1v) is 7.85. The van der Waals surface area contributed by atoms with Crippen LogP contribution in [0.4, 0.5) is 5.69 Å². The molecule has 0 bridgehead atoms. The van der Waals surface area contributed by atoms with E-state index in [0.717, 1.165) is 0 Å². The Balaban J connectivity index is 2.01. The van der Waals surface area contributed by atoms with Crippen LogP contribution < -0.4 is 14.8 Å². The Morgan fingerprint density at radius 1 is 1.08 bits per heavy atom. The predicted molar refractivity (Wildman–Crippen MR) is 94.9 cm³/mol. The average Bonchev–Trinajstić information content (AvgIpc) is 2.61. The lowest BCUT2D eigenvalue weighted by atomic mass is 10.2. The number of methoxy groups -OCH3 is 2. The number of amides is 1. The number of carbonyl (C=O) groups excluding carboxylic acids is 2. The van der Waals surface area contributed by atoms with Crippen LogP contribution >= 0.6 is 23.2 Å². The maximum atomic E-state index is 12.0. The first-order chi connectivity index (χ1) is 12.0. The van der Waals surface area contributed by atoms with E-state index in [1.807, 2.05) is 0 Å². The Kier molecular flexibility index (Phi) is 6.50. The van der Waals surface area contributed by atoms with E-state index in [9.17, 15) is 9.59 Å². The number of anilines is 1. The molecule has 8 heteroatoms. The van der Waals surface area contributed by atoms with E-state index in [-0.39, 0.29) is 15.6 Å². The summed E-state index contributed by atoms with van der Waals surface area (Å²) in [4.78, 5) is 24.0. The Bertz CT molecular complexity index is 795. The quantitative estimate of drug-likeness (QED) is 0.767. The lowest BCUT2D eigenvalue weighted by molar-refractivity contribution is -0.119. The van der Waals surface area contributed by atoms with Gasteiger partial charge in [-0.3, -0.25) is 4.79 Å². The number of rotatable bonds is 6. The molecule has 0 fully saturated rings. The Hall–Kier alpha value is -2.44. The molecular formula is C17H15Cl2NO5. The van der Waals surface area contributed by atoms with Crippen molar-refractivity contribution in [3.05, 3.63) is 52.0 Å². The van der Waals surface area contributed by atoms with Crippen molar-refractivity contribution in [2.75, 3.05) is 26.1 Å². The molecule has 0 aliphatic rings. The molecule has 2 aromatic rings. The van der Waals surface area contributed by atoms with Gasteiger partial charge in [-0.1, -0.05) is 29.3 Å². The van der Waals surface area contributed by atoms with Crippen LogP contribution in [0.5, 0.6) is 11.5 Å². The highest BCUT2D eigenvalue weighted by molar-refractivity contribution is 6.43. The summed E-state index contributed by atoms with van der Waals surface area (Å²) in [6.45, 7) is -0.498.